The molecule has 0 amide bonds. The van der Waals surface area contributed by atoms with Crippen molar-refractivity contribution in [3.05, 3.63) is 6.33 Å². The van der Waals surface area contributed by atoms with Crippen LogP contribution in [0.15, 0.2) is 6.33 Å². The number of imidazole rings is 1. The maximum Gasteiger partial charge on any atom is 0.355 e. The van der Waals surface area contributed by atoms with Crippen LogP contribution in [0.2, 0.25) is 0 Å². The van der Waals surface area contributed by atoms with Gasteiger partial charge in [-0.15, -0.1) is 0 Å². The molecule has 4 atom stereocenters. The smallest absolute Gasteiger partial charge is 0.355 e. The molecule has 13 heteroatoms. The summed E-state index contributed by atoms with van der Waals surface area (Å²) in [5.74, 6) is 0.199. The van der Waals surface area contributed by atoms with Gasteiger partial charge in [-0.3, -0.25) is 9.09 Å². The first-order valence-electron chi connectivity index (χ1n) is 15.7. The summed E-state index contributed by atoms with van der Waals surface area (Å²) in [4.78, 5) is 22.9. The lowest BCUT2D eigenvalue weighted by atomic mass is 10.0. The molecule has 0 radical (unpaired) electrons. The van der Waals surface area contributed by atoms with E-state index in [1.54, 1.807) is 4.57 Å². The van der Waals surface area contributed by atoms with Gasteiger partial charge in [-0.05, 0) is 19.8 Å². The molecular formula is C29H55N6O6P. The minimum absolute atomic E-state index is 0.0258. The van der Waals surface area contributed by atoms with Crippen molar-refractivity contribution < 1.29 is 28.2 Å². The van der Waals surface area contributed by atoms with Crippen LogP contribution in [0.3, 0.4) is 0 Å². The SMILES string of the molecule is CCCCCCCCCCCCCCC(C)OC(CC)OP(=O)(O)CO[C@H](COC)Cn1cnc2c(N)nc(N)nc21. The molecule has 3 unspecified atom stereocenters. The van der Waals surface area contributed by atoms with Gasteiger partial charge in [-0.25, -0.2) is 4.98 Å². The standard InChI is InChI=1S/C29H55N6O6P/c1-5-7-8-9-10-11-12-13-14-15-16-17-18-23(3)40-25(6-2)41-42(36,37)22-39-24(20-38-4)19-35-21-32-26-27(30)33-29(31)34-28(26)35/h21,23-25H,5-20,22H2,1-4H3,(H,36,37)(H4,30,31,33,34)/t23?,24-,25?/m0/s1. The number of fused-ring (bicyclic) bond motifs is 1. The van der Waals surface area contributed by atoms with Crippen LogP contribution in [0.1, 0.15) is 111 Å². The van der Waals surface area contributed by atoms with Crippen LogP contribution in [0.5, 0.6) is 0 Å². The highest BCUT2D eigenvalue weighted by atomic mass is 31.2. The maximum atomic E-state index is 12.9. The van der Waals surface area contributed by atoms with Gasteiger partial charge in [-0.2, -0.15) is 9.97 Å². The van der Waals surface area contributed by atoms with Crippen LogP contribution in [0.4, 0.5) is 11.8 Å². The number of hydrogen-bond acceptors (Lipinski definition) is 10. The van der Waals surface area contributed by atoms with Crippen LogP contribution in [0, 0.1) is 0 Å². The number of methoxy groups -OCH3 is 1. The Labute approximate surface area is 251 Å². The average Bonchev–Trinajstić information content (AvgIpc) is 3.34. The van der Waals surface area contributed by atoms with Gasteiger partial charge >= 0.3 is 7.60 Å². The third-order valence-corrected chi connectivity index (χ3v) is 8.24. The molecule has 12 nitrogen and oxygen atoms in total. The number of aromatic nitrogens is 4. The fourth-order valence-corrected chi connectivity index (χ4v) is 5.91. The summed E-state index contributed by atoms with van der Waals surface area (Å²) in [5, 5.41) is 0. The number of rotatable bonds is 25. The fourth-order valence-electron chi connectivity index (χ4n) is 4.89. The fraction of sp³-hybridized carbons (Fsp3) is 0.828. The average molecular weight is 615 g/mol. The van der Waals surface area contributed by atoms with Crippen LogP contribution >= 0.6 is 7.60 Å². The molecule has 0 spiro atoms. The van der Waals surface area contributed by atoms with Crippen molar-refractivity contribution in [1.82, 2.24) is 19.5 Å². The lowest BCUT2D eigenvalue weighted by molar-refractivity contribution is -0.123. The van der Waals surface area contributed by atoms with E-state index in [0.29, 0.717) is 17.6 Å². The molecule has 5 N–H and O–H groups in total. The molecule has 0 saturated heterocycles. The third kappa shape index (κ3) is 14.1. The number of nitrogens with zero attached hydrogens (tertiary/aromatic N) is 4. The predicted molar refractivity (Wildman–Crippen MR) is 167 cm³/mol. The van der Waals surface area contributed by atoms with E-state index in [-0.39, 0.29) is 31.0 Å². The van der Waals surface area contributed by atoms with Crippen molar-refractivity contribution in [3.8, 4) is 0 Å². The predicted octanol–water partition coefficient (Wildman–Crippen LogP) is 6.41. The van der Waals surface area contributed by atoms with Crippen molar-refractivity contribution in [3.63, 3.8) is 0 Å². The van der Waals surface area contributed by atoms with E-state index in [9.17, 15) is 9.46 Å². The minimum atomic E-state index is -4.10. The summed E-state index contributed by atoms with van der Waals surface area (Å²) in [6.07, 6.45) is 16.5. The second kappa shape index (κ2) is 20.2. The molecule has 42 heavy (non-hydrogen) atoms. The first-order valence-corrected chi connectivity index (χ1v) is 17.4. The van der Waals surface area contributed by atoms with Crippen molar-refractivity contribution in [1.29, 1.82) is 0 Å². The van der Waals surface area contributed by atoms with Gasteiger partial charge in [-0.1, -0.05) is 90.9 Å². The Kier molecular flexibility index (Phi) is 17.5. The number of ether oxygens (including phenoxy) is 3. The largest absolute Gasteiger partial charge is 0.382 e. The van der Waals surface area contributed by atoms with E-state index >= 15 is 0 Å². The van der Waals surface area contributed by atoms with Gasteiger partial charge in [0.15, 0.2) is 17.8 Å². The van der Waals surface area contributed by atoms with E-state index in [1.165, 1.54) is 84.1 Å². The van der Waals surface area contributed by atoms with E-state index in [2.05, 4.69) is 21.9 Å². The number of unbranched alkanes of at least 4 members (excludes halogenated alkanes) is 11. The molecule has 2 aromatic rings. The molecule has 0 saturated carbocycles. The molecule has 2 aromatic heterocycles. The monoisotopic (exact) mass is 614 g/mol. The topological polar surface area (TPSA) is 170 Å². The molecule has 0 aliphatic rings. The van der Waals surface area contributed by atoms with Gasteiger partial charge in [0.2, 0.25) is 5.95 Å². The van der Waals surface area contributed by atoms with Crippen molar-refractivity contribution in [2.24, 2.45) is 0 Å². The molecule has 0 aliphatic heterocycles. The maximum absolute atomic E-state index is 12.9. The summed E-state index contributed by atoms with van der Waals surface area (Å²) < 4.78 is 37.0. The molecule has 0 fully saturated rings. The summed E-state index contributed by atoms with van der Waals surface area (Å²) in [7, 11) is -2.58. The van der Waals surface area contributed by atoms with Crippen LogP contribution in [-0.4, -0.2) is 63.0 Å². The summed E-state index contributed by atoms with van der Waals surface area (Å²) in [6.45, 7) is 6.51. The second-order valence-electron chi connectivity index (χ2n) is 11.1. The Balaban J connectivity index is 1.69. The van der Waals surface area contributed by atoms with Crippen molar-refractivity contribution in [2.75, 3.05) is 31.5 Å². The number of hydrogen-bond donors (Lipinski definition) is 3. The van der Waals surface area contributed by atoms with Gasteiger partial charge in [0.25, 0.3) is 0 Å². The lowest BCUT2D eigenvalue weighted by Crippen LogP contribution is -2.27. The van der Waals surface area contributed by atoms with Crippen LogP contribution in [-0.2, 0) is 29.8 Å². The Morgan fingerprint density at radius 2 is 1.60 bits per heavy atom. The molecule has 2 rings (SSSR count). The highest BCUT2D eigenvalue weighted by molar-refractivity contribution is 7.52. The zero-order valence-electron chi connectivity index (χ0n) is 26.2. The molecular weight excluding hydrogens is 559 g/mol. The van der Waals surface area contributed by atoms with E-state index in [0.717, 1.165) is 12.8 Å². The van der Waals surface area contributed by atoms with Gasteiger partial charge in [0.05, 0.1) is 31.7 Å². The molecule has 2 heterocycles. The van der Waals surface area contributed by atoms with Crippen molar-refractivity contribution >= 4 is 30.5 Å². The molecule has 0 aromatic carbocycles. The van der Waals surface area contributed by atoms with Crippen LogP contribution in [0.25, 0.3) is 11.2 Å². The molecule has 242 valence electrons. The summed E-state index contributed by atoms with van der Waals surface area (Å²) >= 11 is 0. The number of nitrogen functional groups attached to an aromatic ring is 2. The first-order chi connectivity index (χ1) is 20.2. The summed E-state index contributed by atoms with van der Waals surface area (Å²) in [6, 6.07) is 0. The molecule has 0 aliphatic carbocycles. The van der Waals surface area contributed by atoms with Crippen molar-refractivity contribution in [2.45, 2.75) is 136 Å². The second-order valence-corrected chi connectivity index (χ2v) is 12.9. The Morgan fingerprint density at radius 1 is 0.976 bits per heavy atom. The van der Waals surface area contributed by atoms with E-state index in [4.69, 9.17) is 30.2 Å². The highest BCUT2D eigenvalue weighted by Gasteiger charge is 2.28. The van der Waals surface area contributed by atoms with Gasteiger partial charge in [0.1, 0.15) is 11.9 Å². The molecule has 0 bridgehead atoms. The normalized spacial score (nSPS) is 15.5. The zero-order valence-corrected chi connectivity index (χ0v) is 27.1. The van der Waals surface area contributed by atoms with E-state index < -0.39 is 26.3 Å². The third-order valence-electron chi connectivity index (χ3n) is 7.20. The highest BCUT2D eigenvalue weighted by Crippen LogP contribution is 2.44. The minimum Gasteiger partial charge on any atom is -0.382 e. The van der Waals surface area contributed by atoms with Gasteiger partial charge < -0.3 is 35.1 Å². The lowest BCUT2D eigenvalue weighted by Gasteiger charge is -2.25. The zero-order chi connectivity index (χ0) is 30.8. The van der Waals surface area contributed by atoms with Crippen LogP contribution < -0.4 is 11.5 Å². The Bertz CT molecular complexity index is 1060. The Hall–Kier alpha value is -1.82. The number of nitrogens with two attached hydrogens (primary N) is 2. The Morgan fingerprint density at radius 3 is 2.19 bits per heavy atom. The summed E-state index contributed by atoms with van der Waals surface area (Å²) in [5.41, 5.74) is 12.5. The number of anilines is 2. The van der Waals surface area contributed by atoms with Gasteiger partial charge in [0, 0.05) is 7.11 Å². The van der Waals surface area contributed by atoms with E-state index in [1.807, 2.05) is 13.8 Å². The quantitative estimate of drug-likeness (QED) is 0.0641. The first kappa shape index (κ1) is 36.4.